The van der Waals surface area contributed by atoms with Crippen molar-refractivity contribution >= 4 is 0 Å². The first kappa shape index (κ1) is 11.4. The van der Waals surface area contributed by atoms with Crippen molar-refractivity contribution in [1.29, 1.82) is 0 Å². The predicted molar refractivity (Wildman–Crippen MR) is 78.4 cm³/mol. The smallest absolute Gasteiger partial charge is 0.181 e. The van der Waals surface area contributed by atoms with Gasteiger partial charge in [-0.15, -0.1) is 0 Å². The molecule has 0 spiro atoms. The van der Waals surface area contributed by atoms with Gasteiger partial charge in [-0.1, -0.05) is 54.6 Å². The molecule has 1 N–H and O–H groups in total. The predicted octanol–water partition coefficient (Wildman–Crippen LogP) is 3.35. The van der Waals surface area contributed by atoms with Crippen molar-refractivity contribution in [1.82, 2.24) is 15.2 Å². The van der Waals surface area contributed by atoms with Gasteiger partial charge in [0.1, 0.15) is 5.82 Å². The number of hydrogen-bond acceptors (Lipinski definition) is 2. The van der Waals surface area contributed by atoms with Crippen LogP contribution in [0.3, 0.4) is 0 Å². The number of nitrogens with zero attached hydrogens (tertiary/aromatic N) is 2. The molecule has 0 atom stereocenters. The van der Waals surface area contributed by atoms with Gasteiger partial charge in [-0.3, -0.25) is 5.10 Å². The Morgan fingerprint density at radius 2 is 1.50 bits per heavy atom. The van der Waals surface area contributed by atoms with E-state index in [2.05, 4.69) is 39.4 Å². The molecule has 0 amide bonds. The Morgan fingerprint density at radius 1 is 0.850 bits per heavy atom. The first-order chi connectivity index (χ1) is 9.90. The fourth-order valence-electron chi connectivity index (χ4n) is 2.93. The highest BCUT2D eigenvalue weighted by Crippen LogP contribution is 2.32. The fraction of sp³-hybridized carbons (Fsp3) is 0.176. The first-order valence-electron chi connectivity index (χ1n) is 6.94. The molecule has 1 heterocycles. The normalized spacial score (nSPS) is 14.4. The average Bonchev–Trinajstić information content (AvgIpc) is 3.14. The second kappa shape index (κ2) is 4.60. The molecule has 0 fully saturated rings. The average molecular weight is 261 g/mol. The highest BCUT2D eigenvalue weighted by Gasteiger charge is 2.25. The van der Waals surface area contributed by atoms with E-state index in [9.17, 15) is 0 Å². The number of nitrogens with one attached hydrogen (secondary N) is 1. The van der Waals surface area contributed by atoms with Crippen LogP contribution in [0.2, 0.25) is 0 Å². The van der Waals surface area contributed by atoms with Crippen molar-refractivity contribution in [2.24, 2.45) is 0 Å². The number of aromatic amines is 1. The summed E-state index contributed by atoms with van der Waals surface area (Å²) in [6.07, 6.45) is 2.11. The molecule has 98 valence electrons. The Morgan fingerprint density at radius 3 is 2.20 bits per heavy atom. The van der Waals surface area contributed by atoms with Crippen molar-refractivity contribution in [2.75, 3.05) is 0 Å². The lowest BCUT2D eigenvalue weighted by Gasteiger charge is -2.02. The molecule has 0 unspecified atom stereocenters. The first-order valence-corrected chi connectivity index (χ1v) is 6.94. The van der Waals surface area contributed by atoms with Crippen LogP contribution in [-0.2, 0) is 12.8 Å². The van der Waals surface area contributed by atoms with E-state index in [1.165, 1.54) is 11.1 Å². The monoisotopic (exact) mass is 261 g/mol. The molecule has 3 aromatic rings. The molecule has 0 aliphatic heterocycles. The summed E-state index contributed by atoms with van der Waals surface area (Å²) in [6.45, 7) is 0. The summed E-state index contributed by atoms with van der Waals surface area (Å²) < 4.78 is 0. The highest BCUT2D eigenvalue weighted by molar-refractivity contribution is 5.54. The van der Waals surface area contributed by atoms with Crippen LogP contribution >= 0.6 is 0 Å². The molecule has 1 aliphatic carbocycles. The van der Waals surface area contributed by atoms with Crippen LogP contribution in [0.5, 0.6) is 0 Å². The van der Waals surface area contributed by atoms with Gasteiger partial charge in [-0.05, 0) is 24.0 Å². The molecule has 0 bridgehead atoms. The molecule has 1 aliphatic rings. The van der Waals surface area contributed by atoms with Crippen molar-refractivity contribution in [3.05, 3.63) is 71.5 Å². The number of aromatic nitrogens is 3. The maximum absolute atomic E-state index is 4.68. The Kier molecular flexibility index (Phi) is 2.62. The molecule has 0 saturated carbocycles. The Hall–Kier alpha value is -2.42. The molecule has 3 heteroatoms. The number of H-pyrrole nitrogens is 1. The minimum Gasteiger partial charge on any atom is -0.262 e. The molecule has 0 saturated heterocycles. The van der Waals surface area contributed by atoms with E-state index in [-0.39, 0.29) is 0 Å². The third-order valence-electron chi connectivity index (χ3n) is 3.97. The van der Waals surface area contributed by atoms with E-state index in [0.717, 1.165) is 30.1 Å². The van der Waals surface area contributed by atoms with Crippen LogP contribution in [0, 0.1) is 0 Å². The maximum atomic E-state index is 4.68. The van der Waals surface area contributed by atoms with E-state index in [0.29, 0.717) is 5.92 Å². The number of hydrogen-bond donors (Lipinski definition) is 1. The van der Waals surface area contributed by atoms with E-state index in [1.54, 1.807) is 0 Å². The van der Waals surface area contributed by atoms with E-state index < -0.39 is 0 Å². The fourth-order valence-corrected chi connectivity index (χ4v) is 2.93. The van der Waals surface area contributed by atoms with E-state index in [1.807, 2.05) is 30.3 Å². The second-order valence-electron chi connectivity index (χ2n) is 5.28. The minimum absolute atomic E-state index is 0.428. The van der Waals surface area contributed by atoms with Gasteiger partial charge in [0.15, 0.2) is 5.82 Å². The molecule has 0 radical (unpaired) electrons. The molecule has 20 heavy (non-hydrogen) atoms. The van der Waals surface area contributed by atoms with Crippen molar-refractivity contribution in [3.63, 3.8) is 0 Å². The Labute approximate surface area is 117 Å². The van der Waals surface area contributed by atoms with Crippen molar-refractivity contribution < 1.29 is 0 Å². The summed E-state index contributed by atoms with van der Waals surface area (Å²) in [7, 11) is 0. The van der Waals surface area contributed by atoms with Crippen molar-refractivity contribution in [2.45, 2.75) is 18.8 Å². The molecule has 3 nitrogen and oxygen atoms in total. The SMILES string of the molecule is c1ccc(-c2n[nH]c(C3Cc4ccccc4C3)n2)cc1. The van der Waals surface area contributed by atoms with Crippen LogP contribution in [0.1, 0.15) is 22.9 Å². The third-order valence-corrected chi connectivity index (χ3v) is 3.97. The van der Waals surface area contributed by atoms with Crippen LogP contribution in [-0.4, -0.2) is 15.2 Å². The van der Waals surface area contributed by atoms with Crippen molar-refractivity contribution in [3.8, 4) is 11.4 Å². The minimum atomic E-state index is 0.428. The van der Waals surface area contributed by atoms with Crippen LogP contribution in [0.15, 0.2) is 54.6 Å². The zero-order chi connectivity index (χ0) is 13.4. The lowest BCUT2D eigenvalue weighted by Crippen LogP contribution is -2.00. The van der Waals surface area contributed by atoms with Crippen LogP contribution < -0.4 is 0 Å². The standard InChI is InChI=1S/C17H15N3/c1-2-6-12(7-3-1)16-18-17(20-19-16)15-10-13-8-4-5-9-14(13)11-15/h1-9,15H,10-11H2,(H,18,19,20). The summed E-state index contributed by atoms with van der Waals surface area (Å²) in [4.78, 5) is 4.68. The zero-order valence-electron chi connectivity index (χ0n) is 11.1. The Bertz CT molecular complexity index is 706. The van der Waals surface area contributed by atoms with Crippen LogP contribution in [0.4, 0.5) is 0 Å². The van der Waals surface area contributed by atoms with Gasteiger partial charge in [0, 0.05) is 11.5 Å². The maximum Gasteiger partial charge on any atom is 0.181 e. The largest absolute Gasteiger partial charge is 0.262 e. The number of fused-ring (bicyclic) bond motifs is 1. The highest BCUT2D eigenvalue weighted by atomic mass is 15.2. The Balaban J connectivity index is 1.61. The molecular weight excluding hydrogens is 246 g/mol. The van der Waals surface area contributed by atoms with Gasteiger partial charge in [-0.25, -0.2) is 4.98 Å². The van der Waals surface area contributed by atoms with E-state index >= 15 is 0 Å². The van der Waals surface area contributed by atoms with Gasteiger partial charge in [0.2, 0.25) is 0 Å². The van der Waals surface area contributed by atoms with Gasteiger partial charge in [0.05, 0.1) is 0 Å². The summed E-state index contributed by atoms with van der Waals surface area (Å²) in [6, 6.07) is 18.7. The summed E-state index contributed by atoms with van der Waals surface area (Å²) in [5, 5.41) is 7.48. The number of rotatable bonds is 2. The summed E-state index contributed by atoms with van der Waals surface area (Å²) in [5.74, 6) is 2.22. The topological polar surface area (TPSA) is 41.6 Å². The third kappa shape index (κ3) is 1.92. The lowest BCUT2D eigenvalue weighted by atomic mass is 10.1. The van der Waals surface area contributed by atoms with Crippen LogP contribution in [0.25, 0.3) is 11.4 Å². The van der Waals surface area contributed by atoms with Gasteiger partial charge >= 0.3 is 0 Å². The van der Waals surface area contributed by atoms with E-state index in [4.69, 9.17) is 0 Å². The number of benzene rings is 2. The molecule has 4 rings (SSSR count). The quantitative estimate of drug-likeness (QED) is 0.768. The van der Waals surface area contributed by atoms with Gasteiger partial charge < -0.3 is 0 Å². The molecular formula is C17H15N3. The molecule has 2 aromatic carbocycles. The van der Waals surface area contributed by atoms with Gasteiger partial charge in [-0.2, -0.15) is 5.10 Å². The summed E-state index contributed by atoms with van der Waals surface area (Å²) in [5.41, 5.74) is 3.94. The second-order valence-corrected chi connectivity index (χ2v) is 5.28. The van der Waals surface area contributed by atoms with Gasteiger partial charge in [0.25, 0.3) is 0 Å². The zero-order valence-corrected chi connectivity index (χ0v) is 11.1. The summed E-state index contributed by atoms with van der Waals surface area (Å²) >= 11 is 0. The lowest BCUT2D eigenvalue weighted by molar-refractivity contribution is 0.686. The molecule has 1 aromatic heterocycles.